The van der Waals surface area contributed by atoms with Crippen LogP contribution in [0.2, 0.25) is 0 Å². The lowest BCUT2D eigenvalue weighted by Gasteiger charge is -2.40. The topological polar surface area (TPSA) is 131 Å². The molecule has 1 aromatic carbocycles. The van der Waals surface area contributed by atoms with Crippen molar-refractivity contribution in [3.63, 3.8) is 0 Å². The van der Waals surface area contributed by atoms with Gasteiger partial charge in [0, 0.05) is 44.3 Å². The molecule has 3 saturated heterocycles. The number of nitrogens with zero attached hydrogens (tertiary/aromatic N) is 5. The predicted octanol–water partition coefficient (Wildman–Crippen LogP) is 5.20. The number of aromatic nitrogens is 4. The molecule has 4 fully saturated rings. The van der Waals surface area contributed by atoms with E-state index in [0.717, 1.165) is 76.9 Å². The number of H-pyrrole nitrogens is 1. The van der Waals surface area contributed by atoms with Crippen molar-refractivity contribution in [3.05, 3.63) is 47.9 Å². The van der Waals surface area contributed by atoms with Crippen LogP contribution in [0.15, 0.2) is 30.5 Å². The number of nitrogens with one attached hydrogen (secondary N) is 4. The lowest BCUT2D eigenvalue weighted by atomic mass is 9.77. The smallest absolute Gasteiger partial charge is 0.291 e. The second-order valence-corrected chi connectivity index (χ2v) is 14.4. The Balaban J connectivity index is 1.04. The highest BCUT2D eigenvalue weighted by atomic mass is 19.1. The van der Waals surface area contributed by atoms with Gasteiger partial charge < -0.3 is 30.7 Å². The summed E-state index contributed by atoms with van der Waals surface area (Å²) in [6, 6.07) is 7.21. The summed E-state index contributed by atoms with van der Waals surface area (Å²) < 4.78 is 15.2. The number of carbonyl (C=O) groups excluding carboxylic acids is 2. The van der Waals surface area contributed by atoms with Gasteiger partial charge in [0.25, 0.3) is 5.91 Å². The minimum Gasteiger partial charge on any atom is -0.367 e. The fourth-order valence-corrected chi connectivity index (χ4v) is 8.16. The van der Waals surface area contributed by atoms with E-state index in [-0.39, 0.29) is 35.6 Å². The molecule has 4 N–H and O–H groups in total. The number of piperidine rings is 2. The van der Waals surface area contributed by atoms with E-state index in [9.17, 15) is 9.59 Å². The highest BCUT2D eigenvalue weighted by Gasteiger charge is 2.38. The molecule has 48 heavy (non-hydrogen) atoms. The summed E-state index contributed by atoms with van der Waals surface area (Å²) in [6.07, 6.45) is 12.2. The quantitative estimate of drug-likeness (QED) is 0.273. The van der Waals surface area contributed by atoms with Gasteiger partial charge >= 0.3 is 0 Å². The standard InChI is InChI=1S/C36H48FN9O2/c1-23-11-12-25(34(47)42-26-7-4-3-5-8-26)21-46(23)31-19-29(40-24(2)41-31)30-20-39-33(43-30)35(48)44-28-10-6-9-27(37)32(28)45-17-14-36(15-18-45)13-16-38-22-36/h6,9-10,19-20,23,25-26,38H,3-5,7-8,11-18,21-22H2,1-2H3,(H,39,43)(H,42,47)(H,44,48). The van der Waals surface area contributed by atoms with Crippen LogP contribution >= 0.6 is 0 Å². The van der Waals surface area contributed by atoms with Crippen LogP contribution in [0, 0.1) is 24.1 Å². The molecular weight excluding hydrogens is 609 g/mol. The molecule has 2 unspecified atom stereocenters. The largest absolute Gasteiger partial charge is 0.367 e. The minimum absolute atomic E-state index is 0.0946. The van der Waals surface area contributed by atoms with E-state index >= 15 is 4.39 Å². The van der Waals surface area contributed by atoms with Gasteiger partial charge in [-0.05, 0) is 82.9 Å². The summed E-state index contributed by atoms with van der Waals surface area (Å²) >= 11 is 0. The van der Waals surface area contributed by atoms with Gasteiger partial charge in [0.15, 0.2) is 5.82 Å². The number of carbonyl (C=O) groups is 2. The molecule has 1 aliphatic carbocycles. The number of hydrogen-bond donors (Lipinski definition) is 4. The van der Waals surface area contributed by atoms with Crippen molar-refractivity contribution >= 4 is 29.0 Å². The summed E-state index contributed by atoms with van der Waals surface area (Å²) in [6.45, 7) is 8.15. The van der Waals surface area contributed by atoms with Crippen molar-refractivity contribution in [2.24, 2.45) is 11.3 Å². The van der Waals surface area contributed by atoms with Gasteiger partial charge in [0.05, 0.1) is 34.9 Å². The van der Waals surface area contributed by atoms with E-state index < -0.39 is 5.91 Å². The molecule has 4 aliphatic rings. The summed E-state index contributed by atoms with van der Waals surface area (Å²) in [5.74, 6) is 0.696. The van der Waals surface area contributed by atoms with Crippen LogP contribution in [-0.2, 0) is 4.79 Å². The van der Waals surface area contributed by atoms with Crippen LogP contribution in [0.4, 0.5) is 21.6 Å². The first kappa shape index (κ1) is 32.5. The van der Waals surface area contributed by atoms with E-state index in [2.05, 4.69) is 47.6 Å². The van der Waals surface area contributed by atoms with Gasteiger partial charge in [-0.25, -0.2) is 19.3 Å². The molecule has 11 nitrogen and oxygen atoms in total. The number of imidazole rings is 1. The van der Waals surface area contributed by atoms with Gasteiger partial charge in [0.2, 0.25) is 5.91 Å². The Morgan fingerprint density at radius 3 is 2.62 bits per heavy atom. The molecule has 1 saturated carbocycles. The monoisotopic (exact) mass is 657 g/mol. The molecule has 256 valence electrons. The molecule has 2 aromatic heterocycles. The summed E-state index contributed by atoms with van der Waals surface area (Å²) in [5, 5.41) is 9.70. The zero-order valence-corrected chi connectivity index (χ0v) is 28.2. The third-order valence-electron chi connectivity index (χ3n) is 11.1. The number of anilines is 3. The maximum atomic E-state index is 15.2. The van der Waals surface area contributed by atoms with Crippen LogP contribution in [0.3, 0.4) is 0 Å². The van der Waals surface area contributed by atoms with Crippen LogP contribution in [0.25, 0.3) is 11.4 Å². The lowest BCUT2D eigenvalue weighted by molar-refractivity contribution is -0.126. The van der Waals surface area contributed by atoms with E-state index in [1.165, 1.54) is 25.3 Å². The Kier molecular flexibility index (Phi) is 9.35. The molecule has 1 spiro atoms. The summed E-state index contributed by atoms with van der Waals surface area (Å²) in [4.78, 5) is 47.8. The van der Waals surface area contributed by atoms with Crippen molar-refractivity contribution in [2.45, 2.75) is 90.1 Å². The molecule has 0 radical (unpaired) electrons. The van der Waals surface area contributed by atoms with E-state index in [1.807, 2.05) is 13.0 Å². The number of para-hydroxylation sites is 1. The zero-order valence-electron chi connectivity index (χ0n) is 28.2. The van der Waals surface area contributed by atoms with Gasteiger partial charge in [-0.1, -0.05) is 25.3 Å². The summed E-state index contributed by atoms with van der Waals surface area (Å²) in [5.41, 5.74) is 2.34. The lowest BCUT2D eigenvalue weighted by Crippen LogP contribution is -2.49. The number of halogens is 1. The number of amides is 2. The molecule has 12 heteroatoms. The Hall–Kier alpha value is -4.06. The summed E-state index contributed by atoms with van der Waals surface area (Å²) in [7, 11) is 0. The third-order valence-corrected chi connectivity index (χ3v) is 11.1. The predicted molar refractivity (Wildman–Crippen MR) is 185 cm³/mol. The first-order valence-electron chi connectivity index (χ1n) is 17.8. The molecule has 7 rings (SSSR count). The van der Waals surface area contributed by atoms with Crippen LogP contribution < -0.4 is 25.8 Å². The normalized spacial score (nSPS) is 23.0. The van der Waals surface area contributed by atoms with Crippen molar-refractivity contribution < 1.29 is 14.0 Å². The van der Waals surface area contributed by atoms with Gasteiger partial charge in [-0.2, -0.15) is 0 Å². The average Bonchev–Trinajstić information content (AvgIpc) is 3.77. The first-order chi connectivity index (χ1) is 23.3. The minimum atomic E-state index is -0.455. The van der Waals surface area contributed by atoms with Crippen LogP contribution in [0.1, 0.15) is 87.6 Å². The van der Waals surface area contributed by atoms with E-state index in [1.54, 1.807) is 18.3 Å². The van der Waals surface area contributed by atoms with E-state index in [0.29, 0.717) is 40.5 Å². The molecule has 0 bridgehead atoms. The van der Waals surface area contributed by atoms with Crippen LogP contribution in [-0.4, -0.2) is 76.6 Å². The molecule has 3 aliphatic heterocycles. The van der Waals surface area contributed by atoms with Gasteiger partial charge in [0.1, 0.15) is 17.5 Å². The maximum absolute atomic E-state index is 15.2. The number of hydrogen-bond acceptors (Lipinski definition) is 8. The fraction of sp³-hybridized carbons (Fsp3) is 0.583. The average molecular weight is 658 g/mol. The fourth-order valence-electron chi connectivity index (χ4n) is 8.16. The highest BCUT2D eigenvalue weighted by molar-refractivity contribution is 6.04. The van der Waals surface area contributed by atoms with Gasteiger partial charge in [-0.15, -0.1) is 0 Å². The van der Waals surface area contributed by atoms with Crippen molar-refractivity contribution in [3.8, 4) is 11.4 Å². The second kappa shape index (κ2) is 13.8. The highest BCUT2D eigenvalue weighted by Crippen LogP contribution is 2.40. The Morgan fingerprint density at radius 1 is 1.04 bits per heavy atom. The first-order valence-corrected chi connectivity index (χ1v) is 17.8. The number of aryl methyl sites for hydroxylation is 1. The van der Waals surface area contributed by atoms with Gasteiger partial charge in [-0.3, -0.25) is 9.59 Å². The van der Waals surface area contributed by atoms with Crippen molar-refractivity contribution in [1.82, 2.24) is 30.6 Å². The Morgan fingerprint density at radius 2 is 1.85 bits per heavy atom. The number of benzene rings is 1. The van der Waals surface area contributed by atoms with Crippen molar-refractivity contribution in [1.29, 1.82) is 0 Å². The van der Waals surface area contributed by atoms with Crippen molar-refractivity contribution in [2.75, 3.05) is 47.8 Å². The SMILES string of the molecule is Cc1nc(-c2cnc(C(=O)Nc3cccc(F)c3N3CCC4(CCNC4)CC3)[nH]2)cc(N2CC(C(=O)NC3CCCCC3)CCC2C)n1. The second-order valence-electron chi connectivity index (χ2n) is 14.4. The zero-order chi connectivity index (χ0) is 33.3. The van der Waals surface area contributed by atoms with Crippen LogP contribution in [0.5, 0.6) is 0 Å². The molecular formula is C36H48FN9O2. The molecule has 2 atom stereocenters. The van der Waals surface area contributed by atoms with E-state index in [4.69, 9.17) is 4.98 Å². The number of aromatic amines is 1. The maximum Gasteiger partial charge on any atom is 0.291 e. The Bertz CT molecular complexity index is 1620. The third kappa shape index (κ3) is 6.90. The molecule has 5 heterocycles. The Labute approximate surface area is 281 Å². The number of rotatable bonds is 7. The molecule has 2 amide bonds. The molecule has 3 aromatic rings.